The third-order valence-electron chi connectivity index (χ3n) is 5.94. The van der Waals surface area contributed by atoms with Crippen LogP contribution in [0.4, 0.5) is 5.82 Å². The van der Waals surface area contributed by atoms with Crippen molar-refractivity contribution in [3.63, 3.8) is 0 Å². The van der Waals surface area contributed by atoms with Crippen LogP contribution in [0.25, 0.3) is 0 Å². The van der Waals surface area contributed by atoms with Crippen molar-refractivity contribution < 1.29 is 24.2 Å². The van der Waals surface area contributed by atoms with Gasteiger partial charge in [-0.2, -0.15) is 11.8 Å². The first-order valence-electron chi connectivity index (χ1n) is 16.1. The Morgan fingerprint density at radius 3 is 1.84 bits per heavy atom. The van der Waals surface area contributed by atoms with Crippen molar-refractivity contribution in [3.05, 3.63) is 17.6 Å². The number of aryl methyl sites for hydroxylation is 1. The van der Waals surface area contributed by atoms with Crippen molar-refractivity contribution in [2.45, 2.75) is 127 Å². The zero-order valence-electron chi connectivity index (χ0n) is 32.0. The van der Waals surface area contributed by atoms with Crippen molar-refractivity contribution in [2.75, 3.05) is 44.1 Å². The second kappa shape index (κ2) is 33.2. The molecule has 1 aromatic rings. The summed E-state index contributed by atoms with van der Waals surface area (Å²) in [5, 5.41) is 10.3. The Morgan fingerprint density at radius 2 is 1.53 bits per heavy atom. The van der Waals surface area contributed by atoms with Crippen LogP contribution in [0.15, 0.2) is 6.20 Å². The van der Waals surface area contributed by atoms with Gasteiger partial charge in [-0.05, 0) is 70.3 Å². The number of aromatic nitrogens is 2. The number of carbonyl (C=O) groups is 3. The molecule has 45 heavy (non-hydrogen) atoms. The van der Waals surface area contributed by atoms with Crippen molar-refractivity contribution in [1.29, 1.82) is 0 Å². The molecule has 0 unspecified atom stereocenters. The van der Waals surface area contributed by atoms with Crippen LogP contribution in [-0.4, -0.2) is 84.0 Å². The summed E-state index contributed by atoms with van der Waals surface area (Å²) in [7, 11) is 1.71. The van der Waals surface area contributed by atoms with Crippen LogP contribution in [-0.2, 0) is 24.5 Å². The molecule has 2 atom stereocenters. The number of amides is 1. The number of rotatable bonds is 7. The third-order valence-corrected chi connectivity index (χ3v) is 6.63. The molecular formula is C35H72N4O5S. The second-order valence-electron chi connectivity index (χ2n) is 13.0. The number of thioether (sulfide) groups is 1. The maximum absolute atomic E-state index is 10.4. The molecule has 1 saturated heterocycles. The fraction of sp³-hybridized carbons (Fsp3) is 0.800. The number of carbonyl (C=O) groups excluding carboxylic acids is 2. The minimum atomic E-state index is -0.250. The van der Waals surface area contributed by atoms with Gasteiger partial charge in [-0.3, -0.25) is 9.59 Å². The number of piperidine rings is 1. The van der Waals surface area contributed by atoms with E-state index in [1.54, 1.807) is 7.11 Å². The number of nitrogens with one attached hydrogen (secondary N) is 1. The van der Waals surface area contributed by atoms with Crippen molar-refractivity contribution >= 4 is 37.3 Å². The van der Waals surface area contributed by atoms with Gasteiger partial charge in [0.2, 0.25) is 6.41 Å². The lowest BCUT2D eigenvalue weighted by Gasteiger charge is -2.32. The maximum atomic E-state index is 10.4. The molecule has 0 bridgehead atoms. The molecule has 1 aliphatic rings. The molecule has 9 nitrogen and oxygen atoms in total. The van der Waals surface area contributed by atoms with E-state index >= 15 is 0 Å². The molecule has 0 spiro atoms. The lowest BCUT2D eigenvalue weighted by atomic mass is 9.92. The zero-order chi connectivity index (χ0) is 36.6. The summed E-state index contributed by atoms with van der Waals surface area (Å²) in [5.41, 5.74) is 1.16. The third kappa shape index (κ3) is 37.9. The van der Waals surface area contributed by atoms with Crippen molar-refractivity contribution in [3.8, 4) is 0 Å². The summed E-state index contributed by atoms with van der Waals surface area (Å²) in [6.45, 7) is 34.2. The molecule has 1 aromatic heterocycles. The monoisotopic (exact) mass is 661 g/mol. The summed E-state index contributed by atoms with van der Waals surface area (Å²) in [6, 6.07) is 0. The van der Waals surface area contributed by atoms with Gasteiger partial charge in [-0.1, -0.05) is 75.7 Å². The van der Waals surface area contributed by atoms with Gasteiger partial charge in [0.05, 0.1) is 5.60 Å². The van der Waals surface area contributed by atoms with E-state index < -0.39 is 0 Å². The molecule has 268 valence electrons. The van der Waals surface area contributed by atoms with Gasteiger partial charge >= 0.3 is 0 Å². The molecule has 0 radical (unpaired) electrons. The van der Waals surface area contributed by atoms with E-state index in [0.717, 1.165) is 55.6 Å². The van der Waals surface area contributed by atoms with Gasteiger partial charge < -0.3 is 24.9 Å². The fourth-order valence-electron chi connectivity index (χ4n) is 3.20. The average molecular weight is 661 g/mol. The van der Waals surface area contributed by atoms with Crippen molar-refractivity contribution in [2.24, 2.45) is 17.8 Å². The van der Waals surface area contributed by atoms with Crippen LogP contribution < -0.4 is 5.32 Å². The topological polar surface area (TPSA) is 122 Å². The summed E-state index contributed by atoms with van der Waals surface area (Å²) in [4.78, 5) is 37.6. The number of likely N-dealkylation sites (tertiary alicyclic amines) is 1. The molecule has 2 rings (SSSR count). The minimum Gasteiger partial charge on any atom is -0.483 e. The van der Waals surface area contributed by atoms with Gasteiger partial charge in [0.25, 0.3) is 6.47 Å². The highest BCUT2D eigenvalue weighted by molar-refractivity contribution is 7.98. The number of carboxylic acid groups (broad SMARTS) is 1. The minimum absolute atomic E-state index is 0.00337. The average Bonchev–Trinajstić information content (AvgIpc) is 2.98. The Morgan fingerprint density at radius 1 is 1.11 bits per heavy atom. The summed E-state index contributed by atoms with van der Waals surface area (Å²) >= 11 is 1.88. The van der Waals surface area contributed by atoms with E-state index in [1.807, 2.05) is 71.2 Å². The number of anilines is 1. The first kappa shape index (κ1) is 52.3. The highest BCUT2D eigenvalue weighted by Gasteiger charge is 2.20. The summed E-state index contributed by atoms with van der Waals surface area (Å²) in [6.07, 6.45) is 8.74. The predicted octanol–water partition coefficient (Wildman–Crippen LogP) is 8.39. The highest BCUT2D eigenvalue weighted by Crippen LogP contribution is 2.21. The van der Waals surface area contributed by atoms with Gasteiger partial charge in [0.1, 0.15) is 18.4 Å². The standard InChI is InChI=1S/C13H23N3S.C8H15NO.C5H12O.C5H12.C2H6.CH2O2.CH2O/c1-10-9-15-12(13(2,3)4)16-11(10)14-7-6-8-17-5;1-7-3-8(2)5-9(4-7)6-10;1-5(2,3)6-4;1-4-5(2)3;1-2;2-1-3;1-2/h9H,6-8H2,1-5H3,(H,14,15,16);6-8H,3-5H2,1-2H3;1-4H3;5H,4H2,1-3H3;1-2H3;1H,(H,2,3);1H2/t;7-,8+;;;;;. The van der Waals surface area contributed by atoms with Crippen LogP contribution in [0.3, 0.4) is 0 Å². The smallest absolute Gasteiger partial charge is 0.290 e. The lowest BCUT2D eigenvalue weighted by Crippen LogP contribution is -2.37. The van der Waals surface area contributed by atoms with Crippen LogP contribution in [0, 0.1) is 24.7 Å². The Hall–Kier alpha value is -2.20. The molecule has 0 aromatic carbocycles. The summed E-state index contributed by atoms with van der Waals surface area (Å²) in [5.74, 6) is 5.32. The van der Waals surface area contributed by atoms with Gasteiger partial charge in [-0.15, -0.1) is 0 Å². The SMILES string of the molecule is C=O.CC.CCC(C)C.COC(C)(C)C.CSCCCNc1nc(C(C)(C)C)ncc1C.C[C@@H]1C[C@H](C)CN(C=O)C1.O=CO. The number of methoxy groups -OCH3 is 1. The van der Waals surface area contributed by atoms with Gasteiger partial charge in [-0.25, -0.2) is 9.97 Å². The molecule has 0 aliphatic carbocycles. The van der Waals surface area contributed by atoms with E-state index in [4.69, 9.17) is 19.4 Å². The maximum Gasteiger partial charge on any atom is 0.290 e. The predicted molar refractivity (Wildman–Crippen MR) is 197 cm³/mol. The molecule has 10 heteroatoms. The zero-order valence-corrected chi connectivity index (χ0v) is 32.8. The molecule has 1 aliphatic heterocycles. The Labute approximate surface area is 282 Å². The van der Waals surface area contributed by atoms with E-state index in [9.17, 15) is 4.79 Å². The number of nitrogens with zero attached hydrogens (tertiary/aromatic N) is 3. The number of hydrogen-bond donors (Lipinski definition) is 2. The largest absolute Gasteiger partial charge is 0.483 e. The van der Waals surface area contributed by atoms with E-state index in [-0.39, 0.29) is 17.5 Å². The van der Waals surface area contributed by atoms with Crippen LogP contribution >= 0.6 is 11.8 Å². The lowest BCUT2D eigenvalue weighted by molar-refractivity contribution is -0.123. The van der Waals surface area contributed by atoms with Crippen molar-refractivity contribution in [1.82, 2.24) is 14.9 Å². The van der Waals surface area contributed by atoms with E-state index in [0.29, 0.717) is 11.8 Å². The summed E-state index contributed by atoms with van der Waals surface area (Å²) < 4.78 is 4.94. The van der Waals surface area contributed by atoms with Gasteiger partial charge in [0, 0.05) is 43.9 Å². The molecule has 2 heterocycles. The van der Waals surface area contributed by atoms with Crippen LogP contribution in [0.1, 0.15) is 121 Å². The number of hydrogen-bond acceptors (Lipinski definition) is 8. The first-order chi connectivity index (χ1) is 20.9. The van der Waals surface area contributed by atoms with E-state index in [2.05, 4.69) is 76.9 Å². The first-order valence-corrected chi connectivity index (χ1v) is 17.5. The normalized spacial score (nSPS) is 15.1. The molecule has 1 amide bonds. The highest BCUT2D eigenvalue weighted by atomic mass is 32.2. The second-order valence-corrected chi connectivity index (χ2v) is 14.0. The van der Waals surface area contributed by atoms with Crippen LogP contribution in [0.5, 0.6) is 0 Å². The molecular weight excluding hydrogens is 588 g/mol. The Kier molecular flexibility index (Phi) is 38.6. The van der Waals surface area contributed by atoms with Crippen LogP contribution in [0.2, 0.25) is 0 Å². The molecule has 1 fully saturated rings. The number of ether oxygens (including phenoxy) is 1. The molecule has 0 saturated carbocycles. The van der Waals surface area contributed by atoms with Gasteiger partial charge in [0.15, 0.2) is 0 Å². The Bertz CT molecular complexity index is 789. The fourth-order valence-corrected chi connectivity index (χ4v) is 3.64. The Balaban J connectivity index is -0.000000162. The van der Waals surface area contributed by atoms with E-state index in [1.165, 1.54) is 18.6 Å². The quantitative estimate of drug-likeness (QED) is 0.219. The molecule has 2 N–H and O–H groups in total.